The van der Waals surface area contributed by atoms with Crippen molar-refractivity contribution in [3.8, 4) is 5.75 Å². The number of hydrogen-bond acceptors (Lipinski definition) is 5. The molecule has 1 heterocycles. The van der Waals surface area contributed by atoms with Crippen LogP contribution in [0, 0.1) is 6.92 Å². The highest BCUT2D eigenvalue weighted by atomic mass is 32.1. The maximum absolute atomic E-state index is 11.8. The highest BCUT2D eigenvalue weighted by Gasteiger charge is 2.15. The third-order valence-corrected chi connectivity index (χ3v) is 4.61. The SMILES string of the molecule is CCOC(=O)c1sc(NC(=S)NCc2ccc(OC)cc2)cc1C. The summed E-state index contributed by atoms with van der Waals surface area (Å²) in [5, 5.41) is 7.55. The van der Waals surface area contributed by atoms with Gasteiger partial charge in [0.25, 0.3) is 0 Å². The van der Waals surface area contributed by atoms with E-state index < -0.39 is 0 Å². The van der Waals surface area contributed by atoms with Gasteiger partial charge in [-0.25, -0.2) is 4.79 Å². The van der Waals surface area contributed by atoms with Crippen LogP contribution in [0.15, 0.2) is 30.3 Å². The number of thiocarbonyl (C=S) groups is 1. The number of esters is 1. The average molecular weight is 364 g/mol. The summed E-state index contributed by atoms with van der Waals surface area (Å²) in [4.78, 5) is 12.4. The van der Waals surface area contributed by atoms with Crippen LogP contribution in [0.4, 0.5) is 5.00 Å². The van der Waals surface area contributed by atoms with E-state index in [1.807, 2.05) is 37.3 Å². The first kappa shape index (κ1) is 18.2. The summed E-state index contributed by atoms with van der Waals surface area (Å²) in [6.45, 7) is 4.63. The monoisotopic (exact) mass is 364 g/mol. The lowest BCUT2D eigenvalue weighted by Gasteiger charge is -2.09. The van der Waals surface area contributed by atoms with Crippen LogP contribution in [0.25, 0.3) is 0 Å². The molecule has 0 bridgehead atoms. The Balaban J connectivity index is 1.90. The summed E-state index contributed by atoms with van der Waals surface area (Å²) in [6.07, 6.45) is 0. The van der Waals surface area contributed by atoms with Crippen LogP contribution in [0.3, 0.4) is 0 Å². The van der Waals surface area contributed by atoms with E-state index in [1.165, 1.54) is 11.3 Å². The van der Waals surface area contributed by atoms with Crippen molar-refractivity contribution in [2.75, 3.05) is 19.0 Å². The van der Waals surface area contributed by atoms with Gasteiger partial charge < -0.3 is 20.1 Å². The zero-order valence-electron chi connectivity index (χ0n) is 13.8. The first-order chi connectivity index (χ1) is 11.5. The molecular formula is C17H20N2O3S2. The van der Waals surface area contributed by atoms with Crippen molar-refractivity contribution in [2.45, 2.75) is 20.4 Å². The summed E-state index contributed by atoms with van der Waals surface area (Å²) < 4.78 is 10.2. The quantitative estimate of drug-likeness (QED) is 0.602. The van der Waals surface area contributed by atoms with Crippen LogP contribution in [-0.4, -0.2) is 24.8 Å². The number of aryl methyl sites for hydroxylation is 1. The minimum Gasteiger partial charge on any atom is -0.497 e. The predicted molar refractivity (Wildman–Crippen MR) is 101 cm³/mol. The maximum Gasteiger partial charge on any atom is 0.348 e. The van der Waals surface area contributed by atoms with E-state index >= 15 is 0 Å². The molecule has 0 aliphatic heterocycles. The number of thiophene rings is 1. The molecule has 5 nitrogen and oxygen atoms in total. The van der Waals surface area contributed by atoms with Crippen molar-refractivity contribution in [3.63, 3.8) is 0 Å². The number of rotatable bonds is 6. The standard InChI is InChI=1S/C17H20N2O3S2/c1-4-22-16(20)15-11(2)9-14(24-15)19-17(23)18-10-12-5-7-13(21-3)8-6-12/h5-9H,4,10H2,1-3H3,(H2,18,19,23). The second-order valence-corrected chi connectivity index (χ2v) is 6.46. The molecule has 0 radical (unpaired) electrons. The Morgan fingerprint density at radius 1 is 1.29 bits per heavy atom. The number of methoxy groups -OCH3 is 1. The number of anilines is 1. The van der Waals surface area contributed by atoms with Gasteiger partial charge in [0, 0.05) is 6.54 Å². The van der Waals surface area contributed by atoms with Crippen molar-refractivity contribution in [1.82, 2.24) is 5.32 Å². The molecule has 0 spiro atoms. The summed E-state index contributed by atoms with van der Waals surface area (Å²) in [6, 6.07) is 9.65. The second kappa shape index (κ2) is 8.65. The van der Waals surface area contributed by atoms with Crippen molar-refractivity contribution in [1.29, 1.82) is 0 Å². The molecule has 2 aromatic rings. The van der Waals surface area contributed by atoms with Crippen LogP contribution in [0.1, 0.15) is 27.7 Å². The van der Waals surface area contributed by atoms with E-state index in [0.29, 0.717) is 23.1 Å². The Hall–Kier alpha value is -2.12. The summed E-state index contributed by atoms with van der Waals surface area (Å²) >= 11 is 6.63. The topological polar surface area (TPSA) is 59.6 Å². The van der Waals surface area contributed by atoms with Crippen molar-refractivity contribution >= 4 is 39.6 Å². The van der Waals surface area contributed by atoms with Gasteiger partial charge >= 0.3 is 5.97 Å². The summed E-state index contributed by atoms with van der Waals surface area (Å²) in [5.41, 5.74) is 1.97. The van der Waals surface area contributed by atoms with E-state index in [4.69, 9.17) is 21.7 Å². The molecule has 24 heavy (non-hydrogen) atoms. The zero-order chi connectivity index (χ0) is 17.5. The van der Waals surface area contributed by atoms with Gasteiger partial charge in [-0.1, -0.05) is 12.1 Å². The van der Waals surface area contributed by atoms with Gasteiger partial charge in [-0.3, -0.25) is 0 Å². The molecule has 1 aromatic carbocycles. The molecule has 128 valence electrons. The van der Waals surface area contributed by atoms with Gasteiger partial charge in [0.15, 0.2) is 5.11 Å². The molecule has 0 aliphatic carbocycles. The van der Waals surface area contributed by atoms with Crippen molar-refractivity contribution in [3.05, 3.63) is 46.3 Å². The summed E-state index contributed by atoms with van der Waals surface area (Å²) in [5.74, 6) is 0.519. The zero-order valence-corrected chi connectivity index (χ0v) is 15.5. The molecule has 1 aromatic heterocycles. The highest BCUT2D eigenvalue weighted by molar-refractivity contribution is 7.80. The number of nitrogens with one attached hydrogen (secondary N) is 2. The molecule has 2 N–H and O–H groups in total. The van der Waals surface area contributed by atoms with Gasteiger partial charge in [-0.15, -0.1) is 11.3 Å². The smallest absolute Gasteiger partial charge is 0.348 e. The van der Waals surface area contributed by atoms with Gasteiger partial charge in [-0.05, 0) is 55.4 Å². The van der Waals surface area contributed by atoms with Crippen LogP contribution >= 0.6 is 23.6 Å². The minimum atomic E-state index is -0.301. The Bertz CT molecular complexity index is 711. The Labute approximate surface area is 151 Å². The largest absolute Gasteiger partial charge is 0.497 e. The lowest BCUT2D eigenvalue weighted by Crippen LogP contribution is -2.27. The fraction of sp³-hybridized carbons (Fsp3) is 0.294. The highest BCUT2D eigenvalue weighted by Crippen LogP contribution is 2.27. The number of hydrogen-bond donors (Lipinski definition) is 2. The van der Waals surface area contributed by atoms with Crippen molar-refractivity contribution in [2.24, 2.45) is 0 Å². The van der Waals surface area contributed by atoms with Gasteiger partial charge in [0.1, 0.15) is 10.6 Å². The molecule has 0 aliphatic rings. The number of carbonyl (C=O) groups excluding carboxylic acids is 1. The van der Waals surface area contributed by atoms with E-state index in [2.05, 4.69) is 10.6 Å². The third-order valence-electron chi connectivity index (χ3n) is 3.23. The van der Waals surface area contributed by atoms with E-state index in [-0.39, 0.29) is 5.97 Å². The molecule has 0 unspecified atom stereocenters. The van der Waals surface area contributed by atoms with Crippen LogP contribution in [0.2, 0.25) is 0 Å². The van der Waals surface area contributed by atoms with Gasteiger partial charge in [-0.2, -0.15) is 0 Å². The number of benzene rings is 1. The fourth-order valence-electron chi connectivity index (χ4n) is 2.02. The Kier molecular flexibility index (Phi) is 6.57. The second-order valence-electron chi connectivity index (χ2n) is 5.00. The van der Waals surface area contributed by atoms with Crippen LogP contribution in [0.5, 0.6) is 5.75 Å². The minimum absolute atomic E-state index is 0.301. The molecule has 2 rings (SSSR count). The average Bonchev–Trinajstić information content (AvgIpc) is 2.94. The molecule has 0 amide bonds. The normalized spacial score (nSPS) is 10.1. The van der Waals surface area contributed by atoms with Crippen LogP contribution < -0.4 is 15.4 Å². The number of carbonyl (C=O) groups is 1. The van der Waals surface area contributed by atoms with Crippen molar-refractivity contribution < 1.29 is 14.3 Å². The van der Waals surface area contributed by atoms with E-state index in [9.17, 15) is 4.79 Å². The number of ether oxygens (including phenoxy) is 2. The van der Waals surface area contributed by atoms with Gasteiger partial charge in [0.2, 0.25) is 0 Å². The first-order valence-corrected chi connectivity index (χ1v) is 8.71. The first-order valence-electron chi connectivity index (χ1n) is 7.48. The molecule has 0 atom stereocenters. The molecule has 0 fully saturated rings. The van der Waals surface area contributed by atoms with E-state index in [1.54, 1.807) is 14.0 Å². The molecular weight excluding hydrogens is 344 g/mol. The van der Waals surface area contributed by atoms with E-state index in [0.717, 1.165) is 21.9 Å². The maximum atomic E-state index is 11.8. The third kappa shape index (κ3) is 4.94. The Morgan fingerprint density at radius 2 is 2.00 bits per heavy atom. The lowest BCUT2D eigenvalue weighted by molar-refractivity contribution is 0.0531. The predicted octanol–water partition coefficient (Wildman–Crippen LogP) is 3.73. The fourth-order valence-corrected chi connectivity index (χ4v) is 3.24. The molecule has 0 saturated carbocycles. The summed E-state index contributed by atoms with van der Waals surface area (Å²) in [7, 11) is 1.64. The Morgan fingerprint density at radius 3 is 2.62 bits per heavy atom. The molecule has 7 heteroatoms. The van der Waals surface area contributed by atoms with Crippen LogP contribution in [-0.2, 0) is 11.3 Å². The van der Waals surface area contributed by atoms with Gasteiger partial charge in [0.05, 0.1) is 18.7 Å². The lowest BCUT2D eigenvalue weighted by atomic mass is 10.2. The molecule has 0 saturated heterocycles.